The van der Waals surface area contributed by atoms with Gasteiger partial charge in [0.25, 0.3) is 0 Å². The van der Waals surface area contributed by atoms with Gasteiger partial charge in [0.05, 0.1) is 17.1 Å². The molecule has 0 spiro atoms. The first-order valence-electron chi connectivity index (χ1n) is 11.3. The van der Waals surface area contributed by atoms with Gasteiger partial charge in [0.1, 0.15) is 5.82 Å². The first-order chi connectivity index (χ1) is 15.8. The topological polar surface area (TPSA) is 39.7 Å². The summed E-state index contributed by atoms with van der Waals surface area (Å²) in [5.74, 6) is 1.28. The van der Waals surface area contributed by atoms with E-state index in [2.05, 4.69) is 50.0 Å². The number of hydrogen-bond acceptors (Lipinski definition) is 6. The number of hydrogen-bond donors (Lipinski definition) is 0. The van der Waals surface area contributed by atoms with E-state index in [-0.39, 0.29) is 5.78 Å². The summed E-state index contributed by atoms with van der Waals surface area (Å²) < 4.78 is 0. The fraction of sp³-hybridized carbons (Fsp3) is 0.308. The van der Waals surface area contributed by atoms with Crippen molar-refractivity contribution in [3.63, 3.8) is 0 Å². The third-order valence-electron chi connectivity index (χ3n) is 6.17. The van der Waals surface area contributed by atoms with Crippen molar-refractivity contribution < 1.29 is 4.79 Å². The maximum Gasteiger partial charge on any atom is 0.176 e. The second-order valence-electron chi connectivity index (χ2n) is 8.31. The molecule has 0 bridgehead atoms. The molecule has 0 unspecified atom stereocenters. The first-order valence-corrected chi connectivity index (χ1v) is 12.1. The van der Waals surface area contributed by atoms with Crippen LogP contribution in [0.2, 0.25) is 0 Å². The molecule has 0 aliphatic carbocycles. The summed E-state index contributed by atoms with van der Waals surface area (Å²) in [5.41, 5.74) is 2.07. The number of pyridine rings is 1. The molecule has 5 rings (SSSR count). The van der Waals surface area contributed by atoms with Crippen LogP contribution < -0.4 is 4.90 Å². The molecule has 164 valence electrons. The number of rotatable bonds is 7. The highest BCUT2D eigenvalue weighted by Crippen LogP contribution is 2.46. The Bertz CT molecular complexity index is 1020. The molecule has 2 aromatic carbocycles. The van der Waals surface area contributed by atoms with Crippen molar-refractivity contribution in [1.29, 1.82) is 0 Å². The van der Waals surface area contributed by atoms with E-state index in [0.717, 1.165) is 57.1 Å². The summed E-state index contributed by atoms with van der Waals surface area (Å²) in [5, 5.41) is 0. The molecule has 1 aromatic heterocycles. The SMILES string of the molecule is O=C(CN1CCN(CCCN2c3ccccc3Sc3cccnc32)CC1)c1ccccc1. The van der Waals surface area contributed by atoms with Crippen molar-refractivity contribution in [3.8, 4) is 0 Å². The number of benzene rings is 2. The summed E-state index contributed by atoms with van der Waals surface area (Å²) in [4.78, 5) is 26.8. The van der Waals surface area contributed by atoms with Gasteiger partial charge in [-0.05, 0) is 37.2 Å². The van der Waals surface area contributed by atoms with Crippen molar-refractivity contribution in [2.24, 2.45) is 0 Å². The Labute approximate surface area is 194 Å². The molecule has 3 heterocycles. The molecule has 0 radical (unpaired) electrons. The fourth-order valence-electron chi connectivity index (χ4n) is 4.43. The predicted octanol–water partition coefficient (Wildman–Crippen LogP) is 4.57. The Kier molecular flexibility index (Phi) is 6.53. The van der Waals surface area contributed by atoms with Crippen LogP contribution in [-0.4, -0.2) is 66.4 Å². The number of nitrogens with zero attached hydrogens (tertiary/aromatic N) is 4. The van der Waals surface area contributed by atoms with Crippen LogP contribution in [0.1, 0.15) is 16.8 Å². The van der Waals surface area contributed by atoms with Crippen LogP contribution in [0.4, 0.5) is 11.5 Å². The quantitative estimate of drug-likeness (QED) is 0.497. The Balaban J connectivity index is 1.13. The van der Waals surface area contributed by atoms with Gasteiger partial charge in [-0.1, -0.05) is 54.2 Å². The lowest BCUT2D eigenvalue weighted by Crippen LogP contribution is -2.48. The highest BCUT2D eigenvalue weighted by Gasteiger charge is 2.24. The van der Waals surface area contributed by atoms with E-state index in [9.17, 15) is 4.79 Å². The van der Waals surface area contributed by atoms with Gasteiger partial charge in [-0.3, -0.25) is 9.69 Å². The minimum absolute atomic E-state index is 0.215. The Hall–Kier alpha value is -2.67. The van der Waals surface area contributed by atoms with Gasteiger partial charge in [0, 0.05) is 49.4 Å². The van der Waals surface area contributed by atoms with Gasteiger partial charge in [-0.25, -0.2) is 4.98 Å². The van der Waals surface area contributed by atoms with E-state index >= 15 is 0 Å². The first kappa shape index (κ1) is 21.2. The van der Waals surface area contributed by atoms with Crippen LogP contribution in [0.15, 0.2) is 82.7 Å². The minimum atomic E-state index is 0.215. The molecule has 5 nitrogen and oxygen atoms in total. The van der Waals surface area contributed by atoms with E-state index in [1.165, 1.54) is 15.5 Å². The summed E-state index contributed by atoms with van der Waals surface area (Å²) in [6.45, 7) is 6.47. The Morgan fingerprint density at radius 1 is 0.812 bits per heavy atom. The number of para-hydroxylation sites is 1. The normalized spacial score (nSPS) is 16.4. The minimum Gasteiger partial charge on any atom is -0.324 e. The van der Waals surface area contributed by atoms with Gasteiger partial charge < -0.3 is 9.80 Å². The average Bonchev–Trinajstić information content (AvgIpc) is 2.85. The van der Waals surface area contributed by atoms with Crippen LogP contribution in [0, 0.1) is 0 Å². The number of carbonyl (C=O) groups is 1. The van der Waals surface area contributed by atoms with Gasteiger partial charge in [0.15, 0.2) is 5.78 Å². The van der Waals surface area contributed by atoms with E-state index < -0.39 is 0 Å². The highest BCUT2D eigenvalue weighted by atomic mass is 32.2. The number of aromatic nitrogens is 1. The van der Waals surface area contributed by atoms with Crippen LogP contribution in [0.5, 0.6) is 0 Å². The molecule has 32 heavy (non-hydrogen) atoms. The monoisotopic (exact) mass is 444 g/mol. The number of fused-ring (bicyclic) bond motifs is 2. The number of Topliss-reactive ketones (excluding diaryl/α,β-unsaturated/α-hetero) is 1. The lowest BCUT2D eigenvalue weighted by atomic mass is 10.1. The second-order valence-corrected chi connectivity index (χ2v) is 9.39. The second kappa shape index (κ2) is 9.86. The van der Waals surface area contributed by atoms with Crippen molar-refractivity contribution in [1.82, 2.24) is 14.8 Å². The van der Waals surface area contributed by atoms with Gasteiger partial charge in [-0.2, -0.15) is 0 Å². The Morgan fingerprint density at radius 3 is 2.38 bits per heavy atom. The molecular weight excluding hydrogens is 416 g/mol. The standard InChI is InChI=1S/C26H28N4OS/c31-23(21-8-2-1-3-9-21)20-29-18-16-28(17-19-29)14-7-15-30-22-10-4-5-11-24(22)32-25-12-6-13-27-26(25)30/h1-6,8-13H,7,14-20H2. The largest absolute Gasteiger partial charge is 0.324 e. The van der Waals surface area contributed by atoms with Crippen LogP contribution in [0.3, 0.4) is 0 Å². The lowest BCUT2D eigenvalue weighted by molar-refractivity contribution is 0.0852. The van der Waals surface area contributed by atoms with E-state index in [4.69, 9.17) is 0 Å². The Morgan fingerprint density at radius 2 is 1.53 bits per heavy atom. The fourth-order valence-corrected chi connectivity index (χ4v) is 5.50. The number of ketones is 1. The molecule has 6 heteroatoms. The molecule has 3 aromatic rings. The molecule has 0 saturated carbocycles. The van der Waals surface area contributed by atoms with Gasteiger partial charge >= 0.3 is 0 Å². The number of piperazine rings is 1. The van der Waals surface area contributed by atoms with Crippen molar-refractivity contribution in [3.05, 3.63) is 78.5 Å². The maximum atomic E-state index is 12.5. The van der Waals surface area contributed by atoms with Crippen LogP contribution in [-0.2, 0) is 0 Å². The molecule has 2 aliphatic rings. The zero-order valence-corrected chi connectivity index (χ0v) is 19.0. The van der Waals surface area contributed by atoms with Crippen molar-refractivity contribution in [2.75, 3.05) is 50.7 Å². The molecule has 0 atom stereocenters. The maximum absolute atomic E-state index is 12.5. The molecule has 1 saturated heterocycles. The molecule has 0 N–H and O–H groups in total. The summed E-state index contributed by atoms with van der Waals surface area (Å²) in [7, 11) is 0. The molecular formula is C26H28N4OS. The van der Waals surface area contributed by atoms with E-state index in [1.54, 1.807) is 11.8 Å². The van der Waals surface area contributed by atoms with E-state index in [0.29, 0.717) is 6.54 Å². The van der Waals surface area contributed by atoms with Crippen LogP contribution >= 0.6 is 11.8 Å². The zero-order chi connectivity index (χ0) is 21.8. The molecule has 1 fully saturated rings. The highest BCUT2D eigenvalue weighted by molar-refractivity contribution is 7.99. The average molecular weight is 445 g/mol. The van der Waals surface area contributed by atoms with Crippen molar-refractivity contribution in [2.45, 2.75) is 16.2 Å². The smallest absolute Gasteiger partial charge is 0.176 e. The molecule has 2 aliphatic heterocycles. The number of carbonyl (C=O) groups excluding carboxylic acids is 1. The predicted molar refractivity (Wildman–Crippen MR) is 130 cm³/mol. The van der Waals surface area contributed by atoms with Gasteiger partial charge in [-0.15, -0.1) is 0 Å². The summed E-state index contributed by atoms with van der Waals surface area (Å²) in [6.07, 6.45) is 2.97. The van der Waals surface area contributed by atoms with E-state index in [1.807, 2.05) is 42.6 Å². The summed E-state index contributed by atoms with van der Waals surface area (Å²) in [6, 6.07) is 22.4. The van der Waals surface area contributed by atoms with Gasteiger partial charge in [0.2, 0.25) is 0 Å². The number of anilines is 2. The lowest BCUT2D eigenvalue weighted by Gasteiger charge is -2.35. The molecule has 0 amide bonds. The van der Waals surface area contributed by atoms with Crippen LogP contribution in [0.25, 0.3) is 0 Å². The third-order valence-corrected chi connectivity index (χ3v) is 7.27. The zero-order valence-electron chi connectivity index (χ0n) is 18.2. The third kappa shape index (κ3) is 4.72. The summed E-state index contributed by atoms with van der Waals surface area (Å²) >= 11 is 1.80. The van der Waals surface area contributed by atoms with Crippen molar-refractivity contribution >= 4 is 29.1 Å².